The summed E-state index contributed by atoms with van der Waals surface area (Å²) in [5.74, 6) is 1.88. The molecule has 1 saturated heterocycles. The van der Waals surface area contributed by atoms with Crippen molar-refractivity contribution in [3.05, 3.63) is 0 Å². The molecule has 23 heavy (non-hydrogen) atoms. The van der Waals surface area contributed by atoms with Gasteiger partial charge in [0, 0.05) is 13.7 Å². The normalized spacial score (nSPS) is 34.0. The molecule has 0 amide bonds. The van der Waals surface area contributed by atoms with Gasteiger partial charge < -0.3 is 14.4 Å². The SMILES string of the molecule is COC1CC(CC2CCCCC2)CCC1OCCN1CCCC1. The van der Waals surface area contributed by atoms with Crippen LogP contribution in [0.25, 0.3) is 0 Å². The first kappa shape index (κ1) is 17.7. The van der Waals surface area contributed by atoms with Crippen LogP contribution in [0.15, 0.2) is 0 Å². The van der Waals surface area contributed by atoms with Crippen LogP contribution in [0.5, 0.6) is 0 Å². The van der Waals surface area contributed by atoms with E-state index in [2.05, 4.69) is 4.90 Å². The van der Waals surface area contributed by atoms with E-state index in [9.17, 15) is 0 Å². The Balaban J connectivity index is 1.37. The van der Waals surface area contributed by atoms with Crippen LogP contribution in [0.1, 0.15) is 70.6 Å². The number of hydrogen-bond donors (Lipinski definition) is 0. The number of hydrogen-bond acceptors (Lipinski definition) is 3. The van der Waals surface area contributed by atoms with Gasteiger partial charge in [-0.1, -0.05) is 32.1 Å². The Hall–Kier alpha value is -0.120. The molecule has 3 nitrogen and oxygen atoms in total. The number of ether oxygens (including phenoxy) is 2. The Bertz CT molecular complexity index is 324. The second-order valence-electron chi connectivity index (χ2n) is 8.15. The lowest BCUT2D eigenvalue weighted by Gasteiger charge is -2.37. The molecular formula is C20H37NO2. The average molecular weight is 324 g/mol. The van der Waals surface area contributed by atoms with Gasteiger partial charge in [-0.05, 0) is 63.5 Å². The fourth-order valence-corrected chi connectivity index (χ4v) is 5.07. The number of nitrogens with zero attached hydrogens (tertiary/aromatic N) is 1. The maximum Gasteiger partial charge on any atom is 0.0837 e. The van der Waals surface area contributed by atoms with Gasteiger partial charge in [0.25, 0.3) is 0 Å². The third-order valence-corrected chi connectivity index (χ3v) is 6.47. The smallest absolute Gasteiger partial charge is 0.0837 e. The van der Waals surface area contributed by atoms with Crippen LogP contribution in [-0.2, 0) is 9.47 Å². The molecular weight excluding hydrogens is 286 g/mol. The molecule has 0 radical (unpaired) electrons. The van der Waals surface area contributed by atoms with Crippen LogP contribution >= 0.6 is 0 Å². The van der Waals surface area contributed by atoms with Gasteiger partial charge in [-0.2, -0.15) is 0 Å². The van der Waals surface area contributed by atoms with E-state index in [-0.39, 0.29) is 0 Å². The molecule has 0 spiro atoms. The Morgan fingerprint density at radius 2 is 1.61 bits per heavy atom. The second-order valence-corrected chi connectivity index (χ2v) is 8.15. The molecule has 2 aliphatic carbocycles. The van der Waals surface area contributed by atoms with Crippen LogP contribution in [0, 0.1) is 11.8 Å². The maximum absolute atomic E-state index is 6.22. The van der Waals surface area contributed by atoms with Crippen LogP contribution in [0.2, 0.25) is 0 Å². The molecule has 3 atom stereocenters. The lowest BCUT2D eigenvalue weighted by Crippen LogP contribution is -2.39. The van der Waals surface area contributed by atoms with E-state index in [4.69, 9.17) is 9.47 Å². The molecule has 0 aromatic rings. The van der Waals surface area contributed by atoms with Crippen molar-refractivity contribution in [1.82, 2.24) is 4.90 Å². The first-order valence-electron chi connectivity index (χ1n) is 10.2. The molecule has 0 aromatic carbocycles. The van der Waals surface area contributed by atoms with Crippen molar-refractivity contribution in [1.29, 1.82) is 0 Å². The maximum atomic E-state index is 6.22. The molecule has 3 unspecified atom stereocenters. The van der Waals surface area contributed by atoms with E-state index in [1.165, 1.54) is 83.7 Å². The van der Waals surface area contributed by atoms with Crippen molar-refractivity contribution in [2.45, 2.75) is 82.8 Å². The number of likely N-dealkylation sites (tertiary alicyclic amines) is 1. The summed E-state index contributed by atoms with van der Waals surface area (Å²) in [6.07, 6.45) is 16.0. The van der Waals surface area contributed by atoms with Gasteiger partial charge in [-0.25, -0.2) is 0 Å². The third-order valence-electron chi connectivity index (χ3n) is 6.47. The van der Waals surface area contributed by atoms with E-state index in [1.54, 1.807) is 0 Å². The number of rotatable bonds is 7. The van der Waals surface area contributed by atoms with Gasteiger partial charge >= 0.3 is 0 Å². The van der Waals surface area contributed by atoms with Crippen molar-refractivity contribution in [2.75, 3.05) is 33.4 Å². The summed E-state index contributed by atoms with van der Waals surface area (Å²) in [5.41, 5.74) is 0. The van der Waals surface area contributed by atoms with Crippen LogP contribution < -0.4 is 0 Å². The predicted molar refractivity (Wildman–Crippen MR) is 94.7 cm³/mol. The van der Waals surface area contributed by atoms with Crippen molar-refractivity contribution in [3.63, 3.8) is 0 Å². The summed E-state index contributed by atoms with van der Waals surface area (Å²) in [6, 6.07) is 0. The molecule has 3 fully saturated rings. The van der Waals surface area contributed by atoms with Gasteiger partial charge in [-0.15, -0.1) is 0 Å². The molecule has 3 heteroatoms. The Morgan fingerprint density at radius 1 is 0.826 bits per heavy atom. The minimum Gasteiger partial charge on any atom is -0.379 e. The van der Waals surface area contributed by atoms with Crippen LogP contribution in [0.3, 0.4) is 0 Å². The summed E-state index contributed by atoms with van der Waals surface area (Å²) >= 11 is 0. The quantitative estimate of drug-likeness (QED) is 0.699. The zero-order chi connectivity index (χ0) is 15.9. The highest BCUT2D eigenvalue weighted by Crippen LogP contribution is 2.36. The molecule has 0 N–H and O–H groups in total. The minimum absolute atomic E-state index is 0.330. The minimum atomic E-state index is 0.330. The molecule has 1 aliphatic heterocycles. The lowest BCUT2D eigenvalue weighted by atomic mass is 9.76. The standard InChI is InChI=1S/C20H37NO2/c1-22-20-16-18(15-17-7-3-2-4-8-17)9-10-19(20)23-14-13-21-11-5-6-12-21/h17-20H,2-16H2,1H3. The second kappa shape index (κ2) is 9.39. The highest BCUT2D eigenvalue weighted by molar-refractivity contribution is 4.83. The Labute approximate surface area is 143 Å². The monoisotopic (exact) mass is 323 g/mol. The van der Waals surface area contributed by atoms with Crippen molar-refractivity contribution in [2.24, 2.45) is 11.8 Å². The third kappa shape index (κ3) is 5.44. The van der Waals surface area contributed by atoms with Gasteiger partial charge in [0.2, 0.25) is 0 Å². The fraction of sp³-hybridized carbons (Fsp3) is 1.00. The Kier molecular flexibility index (Phi) is 7.22. The zero-order valence-electron chi connectivity index (χ0n) is 15.2. The van der Waals surface area contributed by atoms with E-state index >= 15 is 0 Å². The Morgan fingerprint density at radius 3 is 2.35 bits per heavy atom. The lowest BCUT2D eigenvalue weighted by molar-refractivity contribution is -0.0919. The summed E-state index contributed by atoms with van der Waals surface area (Å²) in [5, 5.41) is 0. The van der Waals surface area contributed by atoms with Gasteiger partial charge in [0.1, 0.15) is 0 Å². The van der Waals surface area contributed by atoms with E-state index < -0.39 is 0 Å². The molecule has 134 valence electrons. The van der Waals surface area contributed by atoms with E-state index in [0.29, 0.717) is 12.2 Å². The molecule has 3 aliphatic rings. The summed E-state index contributed by atoms with van der Waals surface area (Å²) in [7, 11) is 1.88. The van der Waals surface area contributed by atoms with Gasteiger partial charge in [0.15, 0.2) is 0 Å². The largest absolute Gasteiger partial charge is 0.379 e. The van der Waals surface area contributed by atoms with Crippen LogP contribution in [-0.4, -0.2) is 50.5 Å². The molecule has 2 saturated carbocycles. The van der Waals surface area contributed by atoms with Gasteiger partial charge in [0.05, 0.1) is 18.8 Å². The summed E-state index contributed by atoms with van der Waals surface area (Å²) in [4.78, 5) is 2.54. The van der Waals surface area contributed by atoms with Crippen molar-refractivity contribution < 1.29 is 9.47 Å². The topological polar surface area (TPSA) is 21.7 Å². The first-order valence-corrected chi connectivity index (χ1v) is 10.2. The first-order chi connectivity index (χ1) is 11.3. The number of methoxy groups -OCH3 is 1. The average Bonchev–Trinajstić information content (AvgIpc) is 3.10. The highest BCUT2D eigenvalue weighted by atomic mass is 16.5. The van der Waals surface area contributed by atoms with Crippen molar-refractivity contribution in [3.8, 4) is 0 Å². The van der Waals surface area contributed by atoms with Gasteiger partial charge in [-0.3, -0.25) is 0 Å². The molecule has 1 heterocycles. The zero-order valence-corrected chi connectivity index (χ0v) is 15.2. The van der Waals surface area contributed by atoms with E-state index in [1.807, 2.05) is 7.11 Å². The van der Waals surface area contributed by atoms with Crippen molar-refractivity contribution >= 4 is 0 Å². The molecule has 3 rings (SSSR count). The molecule has 0 aromatic heterocycles. The fourth-order valence-electron chi connectivity index (χ4n) is 5.07. The summed E-state index contributed by atoms with van der Waals surface area (Å²) < 4.78 is 12.0. The summed E-state index contributed by atoms with van der Waals surface area (Å²) in [6.45, 7) is 4.53. The van der Waals surface area contributed by atoms with Crippen LogP contribution in [0.4, 0.5) is 0 Å². The molecule has 0 bridgehead atoms. The van der Waals surface area contributed by atoms with E-state index in [0.717, 1.165) is 25.0 Å². The predicted octanol–water partition coefficient (Wildman–Crippen LogP) is 4.25. The highest BCUT2D eigenvalue weighted by Gasteiger charge is 2.32.